The third kappa shape index (κ3) is 49.2. The zero-order valence-electron chi connectivity index (χ0n) is 36.7. The highest BCUT2D eigenvalue weighted by Crippen LogP contribution is 2.18. The highest BCUT2D eigenvalue weighted by Gasteiger charge is 1.99. The van der Waals surface area contributed by atoms with E-state index in [-0.39, 0.29) is 5.76 Å². The van der Waals surface area contributed by atoms with E-state index in [1.165, 1.54) is 289 Å². The number of aliphatic hydroxyl groups is 1. The van der Waals surface area contributed by atoms with Crippen LogP contribution in [0.4, 0.5) is 0 Å². The van der Waals surface area contributed by atoms with E-state index in [9.17, 15) is 4.79 Å². The van der Waals surface area contributed by atoms with Crippen LogP contribution in [-0.4, -0.2) is 11.4 Å². The predicted octanol–water partition coefficient (Wildman–Crippen LogP) is 19.0. The van der Waals surface area contributed by atoms with E-state index in [2.05, 4.69) is 6.92 Å². The first-order valence-electron chi connectivity index (χ1n) is 25.2. The lowest BCUT2D eigenvalue weighted by Gasteiger charge is -2.05. The molecule has 2 heteroatoms. The summed E-state index contributed by atoms with van der Waals surface area (Å²) in [6.45, 7) is 2.31. The molecule has 0 amide bonds. The monoisotopic (exact) mass is 745 g/mol. The van der Waals surface area contributed by atoms with Crippen LogP contribution in [0.15, 0.2) is 11.8 Å². The molecule has 0 rings (SSSR count). The van der Waals surface area contributed by atoms with Crippen molar-refractivity contribution in [1.29, 1.82) is 0 Å². The van der Waals surface area contributed by atoms with Crippen molar-refractivity contribution < 1.29 is 9.90 Å². The average molecular weight is 745 g/mol. The maximum absolute atomic E-state index is 10.3. The molecule has 1 N–H and O–H groups in total. The number of hydrogen-bond donors (Lipinski definition) is 1. The molecule has 0 aliphatic rings. The van der Waals surface area contributed by atoms with E-state index in [1.54, 1.807) is 6.08 Å². The molecule has 0 fully saturated rings. The van der Waals surface area contributed by atoms with Crippen molar-refractivity contribution in [1.82, 2.24) is 0 Å². The van der Waals surface area contributed by atoms with E-state index in [0.717, 1.165) is 12.8 Å². The van der Waals surface area contributed by atoms with Gasteiger partial charge in [-0.15, -0.1) is 0 Å². The number of aliphatic hydroxyl groups excluding tert-OH is 1. The molecule has 2 nitrogen and oxygen atoms in total. The number of allylic oxidation sites excluding steroid dienone is 2. The van der Waals surface area contributed by atoms with Crippen LogP contribution in [0.3, 0.4) is 0 Å². The third-order valence-electron chi connectivity index (χ3n) is 12.0. The van der Waals surface area contributed by atoms with Gasteiger partial charge in [0.05, 0.1) is 0 Å². The Morgan fingerprint density at radius 3 is 0.585 bits per heavy atom. The van der Waals surface area contributed by atoms with Gasteiger partial charge < -0.3 is 5.11 Å². The smallest absolute Gasteiger partial charge is 0.184 e. The zero-order valence-corrected chi connectivity index (χ0v) is 36.7. The van der Waals surface area contributed by atoms with Crippen molar-refractivity contribution in [3.8, 4) is 0 Å². The summed E-state index contributed by atoms with van der Waals surface area (Å²) in [5, 5.41) is 9.10. The van der Waals surface area contributed by atoms with Crippen LogP contribution < -0.4 is 0 Å². The first-order chi connectivity index (χ1) is 26.3. The number of aldehydes is 1. The molecule has 0 radical (unpaired) electrons. The van der Waals surface area contributed by atoms with Gasteiger partial charge in [-0.05, 0) is 18.9 Å². The van der Waals surface area contributed by atoms with Gasteiger partial charge in [0.2, 0.25) is 0 Å². The Morgan fingerprint density at radius 2 is 0.434 bits per heavy atom. The SMILES string of the molecule is CCCCCCCCCCCCCCCCCCCCCCCCCCCCCCCCCCCCCCCCCCCCCCCC/C=C(\O)C=O. The van der Waals surface area contributed by atoms with Crippen LogP contribution >= 0.6 is 0 Å². The Bertz CT molecular complexity index is 684. The molecule has 0 bridgehead atoms. The molecule has 0 aromatic rings. The Labute approximate surface area is 335 Å². The lowest BCUT2D eigenvalue weighted by molar-refractivity contribution is -0.107. The Hall–Kier alpha value is -0.790. The van der Waals surface area contributed by atoms with Crippen molar-refractivity contribution in [3.63, 3.8) is 0 Å². The van der Waals surface area contributed by atoms with Crippen LogP contribution in [0, 0.1) is 0 Å². The van der Waals surface area contributed by atoms with E-state index in [4.69, 9.17) is 5.11 Å². The lowest BCUT2D eigenvalue weighted by Crippen LogP contribution is -1.85. The van der Waals surface area contributed by atoms with Crippen molar-refractivity contribution in [2.45, 2.75) is 309 Å². The van der Waals surface area contributed by atoms with Gasteiger partial charge in [-0.25, -0.2) is 0 Å². The minimum atomic E-state index is -0.114. The molecule has 0 aliphatic heterocycles. The van der Waals surface area contributed by atoms with Gasteiger partial charge in [-0.1, -0.05) is 296 Å². The molecule has 0 spiro atoms. The largest absolute Gasteiger partial charge is 0.505 e. The Balaban J connectivity index is 3.07. The summed E-state index contributed by atoms with van der Waals surface area (Å²) in [5.41, 5.74) is 0. The van der Waals surface area contributed by atoms with Crippen LogP contribution in [0.5, 0.6) is 0 Å². The number of hydrogen-bond acceptors (Lipinski definition) is 2. The fraction of sp³-hybridized carbons (Fsp3) is 0.941. The standard InChI is InChI=1S/C51H100O2/c1-2-3-4-5-6-7-8-9-10-11-12-13-14-15-16-17-18-19-20-21-22-23-24-25-26-27-28-29-30-31-32-33-34-35-36-37-38-39-40-41-42-43-44-45-46-47-48-49-51(53)50-52/h49-50,53H,2-48H2,1H3/b51-49-. The minimum absolute atomic E-state index is 0.114. The van der Waals surface area contributed by atoms with Gasteiger partial charge in [-0.2, -0.15) is 0 Å². The number of unbranched alkanes of at least 4 members (excludes halogenated alkanes) is 46. The molecule has 0 aliphatic carbocycles. The van der Waals surface area contributed by atoms with E-state index >= 15 is 0 Å². The normalized spacial score (nSPS) is 11.9. The van der Waals surface area contributed by atoms with Gasteiger partial charge in [0, 0.05) is 0 Å². The fourth-order valence-electron chi connectivity index (χ4n) is 8.29. The lowest BCUT2D eigenvalue weighted by atomic mass is 10.0. The van der Waals surface area contributed by atoms with E-state index in [0.29, 0.717) is 6.29 Å². The second-order valence-electron chi connectivity index (χ2n) is 17.4. The van der Waals surface area contributed by atoms with Crippen LogP contribution in [0.25, 0.3) is 0 Å². The molecule has 0 saturated heterocycles. The first kappa shape index (κ1) is 52.2. The number of carbonyl (C=O) groups is 1. The average Bonchev–Trinajstić information content (AvgIpc) is 3.17. The summed E-state index contributed by atoms with van der Waals surface area (Å²) < 4.78 is 0. The quantitative estimate of drug-likeness (QED) is 0.0291. The Morgan fingerprint density at radius 1 is 0.283 bits per heavy atom. The van der Waals surface area contributed by atoms with Gasteiger partial charge in [0.1, 0.15) is 0 Å². The maximum atomic E-state index is 10.3. The van der Waals surface area contributed by atoms with Gasteiger partial charge >= 0.3 is 0 Å². The molecule has 0 unspecified atom stereocenters. The summed E-state index contributed by atoms with van der Waals surface area (Å²) in [6, 6.07) is 0. The molecule has 0 heterocycles. The summed E-state index contributed by atoms with van der Waals surface area (Å²) in [7, 11) is 0. The second-order valence-corrected chi connectivity index (χ2v) is 17.4. The maximum Gasteiger partial charge on any atom is 0.184 e. The molecule has 316 valence electrons. The first-order valence-corrected chi connectivity index (χ1v) is 25.2. The van der Waals surface area contributed by atoms with Crippen LogP contribution in [-0.2, 0) is 4.79 Å². The van der Waals surface area contributed by atoms with Crippen molar-refractivity contribution >= 4 is 6.29 Å². The summed E-state index contributed by atoms with van der Waals surface area (Å²) >= 11 is 0. The van der Waals surface area contributed by atoms with Crippen molar-refractivity contribution in [2.24, 2.45) is 0 Å². The van der Waals surface area contributed by atoms with Gasteiger partial charge in [0.25, 0.3) is 0 Å². The topological polar surface area (TPSA) is 37.3 Å². The third-order valence-corrected chi connectivity index (χ3v) is 12.0. The fourth-order valence-corrected chi connectivity index (χ4v) is 8.29. The molecule has 0 saturated carbocycles. The molecule has 0 aromatic carbocycles. The highest BCUT2D eigenvalue weighted by atomic mass is 16.3. The van der Waals surface area contributed by atoms with Gasteiger partial charge in [0.15, 0.2) is 12.0 Å². The molecular weight excluding hydrogens is 645 g/mol. The highest BCUT2D eigenvalue weighted by molar-refractivity contribution is 5.69. The predicted molar refractivity (Wildman–Crippen MR) is 239 cm³/mol. The van der Waals surface area contributed by atoms with E-state index in [1.807, 2.05) is 0 Å². The van der Waals surface area contributed by atoms with E-state index < -0.39 is 0 Å². The van der Waals surface area contributed by atoms with Crippen LogP contribution in [0.1, 0.15) is 309 Å². The summed E-state index contributed by atoms with van der Waals surface area (Å²) in [4.78, 5) is 10.3. The number of carbonyl (C=O) groups excluding carboxylic acids is 1. The number of rotatable bonds is 48. The molecular formula is C51H100O2. The van der Waals surface area contributed by atoms with Crippen LogP contribution in [0.2, 0.25) is 0 Å². The van der Waals surface area contributed by atoms with Crippen molar-refractivity contribution in [2.75, 3.05) is 0 Å². The van der Waals surface area contributed by atoms with Crippen molar-refractivity contribution in [3.05, 3.63) is 11.8 Å². The summed E-state index contributed by atoms with van der Waals surface area (Å²) in [6.07, 6.45) is 69.5. The minimum Gasteiger partial charge on any atom is -0.505 e. The van der Waals surface area contributed by atoms with Gasteiger partial charge in [-0.3, -0.25) is 4.79 Å². The molecule has 0 aromatic heterocycles. The molecule has 0 atom stereocenters. The Kier molecular flexibility index (Phi) is 48.5. The zero-order chi connectivity index (χ0) is 38.2. The molecule has 53 heavy (non-hydrogen) atoms. The summed E-state index contributed by atoms with van der Waals surface area (Å²) in [5.74, 6) is -0.114. The second kappa shape index (κ2) is 49.2.